The van der Waals surface area contributed by atoms with Gasteiger partial charge in [-0.15, -0.1) is 0 Å². The maximum absolute atomic E-state index is 12.6. The quantitative estimate of drug-likeness (QED) is 0.889. The zero-order valence-corrected chi connectivity index (χ0v) is 13.2. The molecule has 1 amide bonds. The summed E-state index contributed by atoms with van der Waals surface area (Å²) < 4.78 is 0. The Hall–Kier alpha value is -1.39. The van der Waals surface area contributed by atoms with Crippen molar-refractivity contribution in [2.45, 2.75) is 37.6 Å². The minimum atomic E-state index is 0.210. The van der Waals surface area contributed by atoms with Crippen LogP contribution >= 0.6 is 0 Å². The molecule has 1 saturated carbocycles. The van der Waals surface area contributed by atoms with Gasteiger partial charge >= 0.3 is 0 Å². The van der Waals surface area contributed by atoms with Crippen molar-refractivity contribution in [1.29, 1.82) is 0 Å². The third-order valence-electron chi connectivity index (χ3n) is 5.48. The highest BCUT2D eigenvalue weighted by Gasteiger charge is 2.36. The van der Waals surface area contributed by atoms with Crippen LogP contribution in [0.5, 0.6) is 0 Å². The molecule has 0 radical (unpaired) electrons. The smallest absolute Gasteiger partial charge is 0.222 e. The lowest BCUT2D eigenvalue weighted by Gasteiger charge is -2.21. The summed E-state index contributed by atoms with van der Waals surface area (Å²) in [6.45, 7) is 2.22. The third kappa shape index (κ3) is 3.18. The molecule has 4 atom stereocenters. The molecule has 4 heteroatoms. The second-order valence-corrected chi connectivity index (χ2v) is 6.87. The van der Waals surface area contributed by atoms with Crippen molar-refractivity contribution < 1.29 is 4.79 Å². The highest BCUT2D eigenvalue weighted by Crippen LogP contribution is 2.34. The average molecular weight is 301 g/mol. The first-order valence-corrected chi connectivity index (χ1v) is 8.47. The molecule has 1 aliphatic heterocycles. The summed E-state index contributed by atoms with van der Waals surface area (Å²) in [7, 11) is 0. The fourth-order valence-corrected chi connectivity index (χ4v) is 4.06. The molecule has 1 heterocycles. The van der Waals surface area contributed by atoms with Crippen molar-refractivity contribution in [3.05, 3.63) is 35.9 Å². The Morgan fingerprint density at radius 3 is 2.55 bits per heavy atom. The van der Waals surface area contributed by atoms with Gasteiger partial charge in [-0.1, -0.05) is 36.8 Å². The van der Waals surface area contributed by atoms with E-state index in [9.17, 15) is 4.79 Å². The summed E-state index contributed by atoms with van der Waals surface area (Å²) in [4.78, 5) is 14.6. The van der Waals surface area contributed by atoms with Gasteiger partial charge in [-0.25, -0.2) is 0 Å². The number of likely N-dealkylation sites (tertiary alicyclic amines) is 1. The number of carbonyl (C=O) groups is 1. The first-order chi connectivity index (χ1) is 10.7. The lowest BCUT2D eigenvalue weighted by molar-refractivity contribution is -0.131. The van der Waals surface area contributed by atoms with E-state index < -0.39 is 0 Å². The van der Waals surface area contributed by atoms with Gasteiger partial charge in [0.25, 0.3) is 0 Å². The molecule has 1 aromatic rings. The molecule has 0 bridgehead atoms. The standard InChI is InChI=1S/C18H27N3O/c19-10-15-11-21(12-16(15)13-5-2-1-3-6-13)18(22)9-14-7-4-8-17(14)20/h1-3,5-6,14-17H,4,7-12,19-20H2/t14-,15+,16-,17+/m0/s1. The molecule has 4 nitrogen and oxygen atoms in total. The number of carbonyl (C=O) groups excluding carboxylic acids is 1. The predicted molar refractivity (Wildman–Crippen MR) is 88.2 cm³/mol. The normalized spacial score (nSPS) is 31.6. The molecular weight excluding hydrogens is 274 g/mol. The molecule has 1 saturated heterocycles. The van der Waals surface area contributed by atoms with Crippen LogP contribution in [0.4, 0.5) is 0 Å². The molecule has 1 aromatic carbocycles. The molecule has 1 aliphatic carbocycles. The SMILES string of the molecule is NC[C@@H]1CN(C(=O)C[C@@H]2CCC[C@H]2N)C[C@H]1c1ccccc1. The maximum Gasteiger partial charge on any atom is 0.222 e. The predicted octanol–water partition coefficient (Wildman–Crippen LogP) is 1.70. The summed E-state index contributed by atoms with van der Waals surface area (Å²) >= 11 is 0. The van der Waals surface area contributed by atoms with Crippen molar-refractivity contribution in [2.24, 2.45) is 23.3 Å². The Morgan fingerprint density at radius 2 is 1.91 bits per heavy atom. The van der Waals surface area contributed by atoms with E-state index in [4.69, 9.17) is 11.5 Å². The van der Waals surface area contributed by atoms with Crippen LogP contribution in [0, 0.1) is 11.8 Å². The third-order valence-corrected chi connectivity index (χ3v) is 5.48. The summed E-state index contributed by atoms with van der Waals surface area (Å²) in [5, 5.41) is 0. The number of nitrogens with zero attached hydrogens (tertiary/aromatic N) is 1. The monoisotopic (exact) mass is 301 g/mol. The zero-order valence-electron chi connectivity index (χ0n) is 13.2. The van der Waals surface area contributed by atoms with E-state index in [-0.39, 0.29) is 11.9 Å². The number of nitrogens with two attached hydrogens (primary N) is 2. The van der Waals surface area contributed by atoms with Crippen molar-refractivity contribution >= 4 is 5.91 Å². The molecule has 2 fully saturated rings. The summed E-state index contributed by atoms with van der Waals surface area (Å²) in [5.74, 6) is 1.37. The van der Waals surface area contributed by atoms with Gasteiger partial charge in [-0.3, -0.25) is 4.79 Å². The van der Waals surface area contributed by atoms with Gasteiger partial charge in [-0.05, 0) is 36.8 Å². The first kappa shape index (κ1) is 15.5. The van der Waals surface area contributed by atoms with Crippen LogP contribution in [0.1, 0.15) is 37.2 Å². The zero-order chi connectivity index (χ0) is 15.5. The van der Waals surface area contributed by atoms with Crippen LogP contribution in [0.2, 0.25) is 0 Å². The number of hydrogen-bond donors (Lipinski definition) is 2. The van der Waals surface area contributed by atoms with Crippen LogP contribution in [0.25, 0.3) is 0 Å². The van der Waals surface area contributed by atoms with Crippen molar-refractivity contribution in [1.82, 2.24) is 4.90 Å². The Morgan fingerprint density at radius 1 is 1.14 bits per heavy atom. The van der Waals surface area contributed by atoms with Gasteiger partial charge < -0.3 is 16.4 Å². The Kier molecular flexibility index (Phi) is 4.79. The van der Waals surface area contributed by atoms with E-state index in [0.29, 0.717) is 30.7 Å². The largest absolute Gasteiger partial charge is 0.342 e. The Labute approximate surface area is 132 Å². The number of benzene rings is 1. The number of rotatable bonds is 4. The topological polar surface area (TPSA) is 72.3 Å². The molecule has 120 valence electrons. The molecule has 22 heavy (non-hydrogen) atoms. The number of hydrogen-bond acceptors (Lipinski definition) is 3. The minimum absolute atomic E-state index is 0.210. The number of amides is 1. The van der Waals surface area contributed by atoms with Gasteiger partial charge in [0, 0.05) is 31.5 Å². The van der Waals surface area contributed by atoms with Crippen LogP contribution in [-0.2, 0) is 4.79 Å². The van der Waals surface area contributed by atoms with Crippen molar-refractivity contribution in [3.8, 4) is 0 Å². The van der Waals surface area contributed by atoms with Gasteiger partial charge in [0.1, 0.15) is 0 Å². The highest BCUT2D eigenvalue weighted by atomic mass is 16.2. The van der Waals surface area contributed by atoms with Gasteiger partial charge in [-0.2, -0.15) is 0 Å². The van der Waals surface area contributed by atoms with Gasteiger partial charge in [0.05, 0.1) is 0 Å². The Bertz CT molecular complexity index is 504. The first-order valence-electron chi connectivity index (χ1n) is 8.47. The van der Waals surface area contributed by atoms with E-state index in [1.54, 1.807) is 0 Å². The summed E-state index contributed by atoms with van der Waals surface area (Å²) in [5.41, 5.74) is 13.4. The minimum Gasteiger partial charge on any atom is -0.342 e. The summed E-state index contributed by atoms with van der Waals surface area (Å²) in [6, 6.07) is 10.7. The maximum atomic E-state index is 12.6. The summed E-state index contributed by atoms with van der Waals surface area (Å²) in [6.07, 6.45) is 3.94. The second kappa shape index (κ2) is 6.80. The molecule has 0 spiro atoms. The van der Waals surface area contributed by atoms with Crippen LogP contribution in [-0.4, -0.2) is 36.5 Å². The molecule has 2 aliphatic rings. The molecule has 0 unspecified atom stereocenters. The second-order valence-electron chi connectivity index (χ2n) is 6.87. The lowest BCUT2D eigenvalue weighted by atomic mass is 9.89. The fraction of sp³-hybridized carbons (Fsp3) is 0.611. The van der Waals surface area contributed by atoms with Gasteiger partial charge in [0.2, 0.25) is 5.91 Å². The van der Waals surface area contributed by atoms with E-state index in [1.165, 1.54) is 5.56 Å². The molecule has 3 rings (SSSR count). The van der Waals surface area contributed by atoms with Crippen LogP contribution in [0.3, 0.4) is 0 Å². The van der Waals surface area contributed by atoms with Crippen LogP contribution in [0.15, 0.2) is 30.3 Å². The molecule has 0 aromatic heterocycles. The van der Waals surface area contributed by atoms with Crippen molar-refractivity contribution in [3.63, 3.8) is 0 Å². The van der Waals surface area contributed by atoms with E-state index >= 15 is 0 Å². The Balaban J connectivity index is 1.65. The highest BCUT2D eigenvalue weighted by molar-refractivity contribution is 5.77. The molecule has 4 N–H and O–H groups in total. The van der Waals surface area contributed by atoms with Crippen molar-refractivity contribution in [2.75, 3.05) is 19.6 Å². The van der Waals surface area contributed by atoms with E-state index in [1.807, 2.05) is 11.0 Å². The fourth-order valence-electron chi connectivity index (χ4n) is 4.06. The average Bonchev–Trinajstić information content (AvgIpc) is 3.15. The van der Waals surface area contributed by atoms with Crippen LogP contribution < -0.4 is 11.5 Å². The molecular formula is C18H27N3O. The lowest BCUT2D eigenvalue weighted by Crippen LogP contribution is -2.34. The van der Waals surface area contributed by atoms with E-state index in [2.05, 4.69) is 24.3 Å². The van der Waals surface area contributed by atoms with E-state index in [0.717, 1.165) is 32.4 Å². The van der Waals surface area contributed by atoms with Gasteiger partial charge in [0.15, 0.2) is 0 Å².